The quantitative estimate of drug-likeness (QED) is 0.799. The van der Waals surface area contributed by atoms with Gasteiger partial charge in [-0.25, -0.2) is 0 Å². The maximum Gasteiger partial charge on any atom is 0.289 e. The third-order valence-corrected chi connectivity index (χ3v) is 3.92. The van der Waals surface area contributed by atoms with E-state index in [0.29, 0.717) is 17.7 Å². The van der Waals surface area contributed by atoms with Crippen LogP contribution in [0.1, 0.15) is 29.2 Å². The first-order chi connectivity index (χ1) is 8.25. The van der Waals surface area contributed by atoms with Gasteiger partial charge in [-0.15, -0.1) is 0 Å². The summed E-state index contributed by atoms with van der Waals surface area (Å²) in [6.45, 7) is 4.80. The number of aryl methyl sites for hydroxylation is 1. The van der Waals surface area contributed by atoms with Crippen molar-refractivity contribution in [2.24, 2.45) is 5.92 Å². The number of amides is 1. The van der Waals surface area contributed by atoms with Gasteiger partial charge in [-0.1, -0.05) is 0 Å². The lowest BCUT2D eigenvalue weighted by molar-refractivity contribution is 0.0664. The van der Waals surface area contributed by atoms with E-state index in [1.165, 1.54) is 0 Å². The van der Waals surface area contributed by atoms with Gasteiger partial charge in [0.2, 0.25) is 0 Å². The summed E-state index contributed by atoms with van der Waals surface area (Å²) in [7, 11) is 0. The van der Waals surface area contributed by atoms with Crippen LogP contribution in [0.25, 0.3) is 0 Å². The predicted octanol–water partition coefficient (Wildman–Crippen LogP) is 1.41. The molecule has 2 aliphatic rings. The lowest BCUT2D eigenvalue weighted by Crippen LogP contribution is -2.45. The summed E-state index contributed by atoms with van der Waals surface area (Å²) in [4.78, 5) is 14.3. The number of hydrogen-bond acceptors (Lipinski definition) is 3. The van der Waals surface area contributed by atoms with Crippen LogP contribution in [0, 0.1) is 12.8 Å². The molecular weight excluding hydrogens is 216 g/mol. The van der Waals surface area contributed by atoms with Gasteiger partial charge in [0.05, 0.1) is 0 Å². The number of carbonyl (C=O) groups is 1. The van der Waals surface area contributed by atoms with Gasteiger partial charge >= 0.3 is 0 Å². The van der Waals surface area contributed by atoms with Crippen LogP contribution in [0.15, 0.2) is 16.5 Å². The first-order valence-electron chi connectivity index (χ1n) is 6.34. The lowest BCUT2D eigenvalue weighted by Gasteiger charge is -2.31. The third-order valence-electron chi connectivity index (χ3n) is 3.92. The molecule has 0 saturated carbocycles. The predicted molar refractivity (Wildman–Crippen MR) is 63.9 cm³/mol. The number of furan rings is 1. The molecule has 2 unspecified atom stereocenters. The van der Waals surface area contributed by atoms with Crippen LogP contribution in [0.4, 0.5) is 0 Å². The summed E-state index contributed by atoms with van der Waals surface area (Å²) in [6.07, 6.45) is 2.18. The first-order valence-corrected chi connectivity index (χ1v) is 6.34. The molecule has 3 heterocycles. The molecule has 0 radical (unpaired) electrons. The van der Waals surface area contributed by atoms with Crippen molar-refractivity contribution in [2.45, 2.75) is 25.8 Å². The Labute approximate surface area is 101 Å². The van der Waals surface area contributed by atoms with Crippen molar-refractivity contribution in [1.29, 1.82) is 0 Å². The molecule has 4 heteroatoms. The average molecular weight is 234 g/mol. The van der Waals surface area contributed by atoms with Gasteiger partial charge in [-0.05, 0) is 50.9 Å². The molecule has 2 fully saturated rings. The van der Waals surface area contributed by atoms with E-state index < -0.39 is 0 Å². The topological polar surface area (TPSA) is 45.5 Å². The molecular formula is C13H18N2O2. The monoisotopic (exact) mass is 234 g/mol. The van der Waals surface area contributed by atoms with Gasteiger partial charge in [0.1, 0.15) is 5.76 Å². The number of fused-ring (bicyclic) bond motifs is 1. The fourth-order valence-corrected chi connectivity index (χ4v) is 3.03. The molecule has 4 nitrogen and oxygen atoms in total. The Morgan fingerprint density at radius 1 is 1.47 bits per heavy atom. The van der Waals surface area contributed by atoms with Gasteiger partial charge < -0.3 is 14.6 Å². The Balaban J connectivity index is 1.78. The van der Waals surface area contributed by atoms with E-state index in [9.17, 15) is 4.79 Å². The number of rotatable bonds is 1. The minimum atomic E-state index is 0.0625. The Morgan fingerprint density at radius 2 is 2.35 bits per heavy atom. The van der Waals surface area contributed by atoms with E-state index >= 15 is 0 Å². The molecule has 0 bridgehead atoms. The molecule has 1 aromatic rings. The largest absolute Gasteiger partial charge is 0.456 e. The molecule has 1 amide bonds. The summed E-state index contributed by atoms with van der Waals surface area (Å²) in [6, 6.07) is 4.05. The van der Waals surface area contributed by atoms with Crippen LogP contribution >= 0.6 is 0 Å². The van der Waals surface area contributed by atoms with Crippen LogP contribution in [0.3, 0.4) is 0 Å². The van der Waals surface area contributed by atoms with Crippen LogP contribution in [0.5, 0.6) is 0 Å². The fourth-order valence-electron chi connectivity index (χ4n) is 3.03. The maximum absolute atomic E-state index is 12.3. The Morgan fingerprint density at radius 3 is 3.12 bits per heavy atom. The molecule has 17 heavy (non-hydrogen) atoms. The highest BCUT2D eigenvalue weighted by atomic mass is 16.3. The zero-order valence-electron chi connectivity index (χ0n) is 10.1. The second kappa shape index (κ2) is 4.18. The van der Waals surface area contributed by atoms with E-state index in [-0.39, 0.29) is 5.91 Å². The first kappa shape index (κ1) is 10.8. The molecule has 3 rings (SSSR count). The molecule has 0 aliphatic carbocycles. The van der Waals surface area contributed by atoms with Gasteiger partial charge in [0.15, 0.2) is 5.76 Å². The van der Waals surface area contributed by atoms with Crippen molar-refractivity contribution in [1.82, 2.24) is 10.2 Å². The van der Waals surface area contributed by atoms with Crippen LogP contribution in [-0.4, -0.2) is 36.5 Å². The normalized spacial score (nSPS) is 28.2. The van der Waals surface area contributed by atoms with Crippen molar-refractivity contribution in [3.63, 3.8) is 0 Å². The standard InChI is InChI=1S/C13H18N2O2/c1-9-2-3-12(17-9)13(16)15-7-5-10-8-14-6-4-11(10)15/h2-3,10-11,14H,4-8H2,1H3. The Bertz CT molecular complexity index is 427. The Hall–Kier alpha value is -1.29. The lowest BCUT2D eigenvalue weighted by atomic mass is 9.94. The molecule has 92 valence electrons. The molecule has 2 atom stereocenters. The van der Waals surface area contributed by atoms with E-state index in [2.05, 4.69) is 5.32 Å². The number of hydrogen-bond donors (Lipinski definition) is 1. The van der Waals surface area contributed by atoms with Gasteiger partial charge in [0, 0.05) is 12.6 Å². The Kier molecular flexibility index (Phi) is 2.67. The number of carbonyl (C=O) groups excluding carboxylic acids is 1. The minimum absolute atomic E-state index is 0.0625. The van der Waals surface area contributed by atoms with Gasteiger partial charge in [-0.2, -0.15) is 0 Å². The SMILES string of the molecule is Cc1ccc(C(=O)N2CCC3CNCCC32)o1. The van der Waals surface area contributed by atoms with E-state index in [1.54, 1.807) is 6.07 Å². The van der Waals surface area contributed by atoms with Gasteiger partial charge in [0.25, 0.3) is 5.91 Å². The highest BCUT2D eigenvalue weighted by Crippen LogP contribution is 2.30. The van der Waals surface area contributed by atoms with Crippen molar-refractivity contribution in [2.75, 3.05) is 19.6 Å². The number of nitrogens with one attached hydrogen (secondary N) is 1. The molecule has 2 saturated heterocycles. The summed E-state index contributed by atoms with van der Waals surface area (Å²) in [5, 5.41) is 3.40. The van der Waals surface area contributed by atoms with Crippen LogP contribution < -0.4 is 5.32 Å². The molecule has 2 aliphatic heterocycles. The zero-order chi connectivity index (χ0) is 11.8. The van der Waals surface area contributed by atoms with Crippen molar-refractivity contribution < 1.29 is 9.21 Å². The molecule has 1 aromatic heterocycles. The second-order valence-corrected chi connectivity index (χ2v) is 5.02. The van der Waals surface area contributed by atoms with Crippen LogP contribution in [0.2, 0.25) is 0 Å². The number of piperidine rings is 1. The van der Waals surface area contributed by atoms with E-state index in [4.69, 9.17) is 4.42 Å². The summed E-state index contributed by atoms with van der Waals surface area (Å²) < 4.78 is 5.43. The average Bonchev–Trinajstić information content (AvgIpc) is 2.94. The second-order valence-electron chi connectivity index (χ2n) is 5.02. The van der Waals surface area contributed by atoms with Crippen molar-refractivity contribution in [3.8, 4) is 0 Å². The fraction of sp³-hybridized carbons (Fsp3) is 0.615. The smallest absolute Gasteiger partial charge is 0.289 e. The summed E-state index contributed by atoms with van der Waals surface area (Å²) in [5.74, 6) is 1.98. The molecule has 0 spiro atoms. The number of nitrogens with zero attached hydrogens (tertiary/aromatic N) is 1. The van der Waals surface area contributed by atoms with E-state index in [1.807, 2.05) is 17.9 Å². The highest BCUT2D eigenvalue weighted by Gasteiger charge is 2.39. The molecule has 1 N–H and O–H groups in total. The third kappa shape index (κ3) is 1.86. The summed E-state index contributed by atoms with van der Waals surface area (Å²) in [5.41, 5.74) is 0. The maximum atomic E-state index is 12.3. The van der Waals surface area contributed by atoms with Gasteiger partial charge in [-0.3, -0.25) is 4.79 Å². The number of likely N-dealkylation sites (tertiary alicyclic amines) is 1. The summed E-state index contributed by atoms with van der Waals surface area (Å²) >= 11 is 0. The van der Waals surface area contributed by atoms with Crippen molar-refractivity contribution >= 4 is 5.91 Å². The molecule has 0 aromatic carbocycles. The van der Waals surface area contributed by atoms with Crippen molar-refractivity contribution in [3.05, 3.63) is 23.7 Å². The van der Waals surface area contributed by atoms with E-state index in [0.717, 1.165) is 38.2 Å². The highest BCUT2D eigenvalue weighted by molar-refractivity contribution is 5.92. The minimum Gasteiger partial charge on any atom is -0.456 e. The zero-order valence-corrected chi connectivity index (χ0v) is 10.1. The van der Waals surface area contributed by atoms with Crippen LogP contribution in [-0.2, 0) is 0 Å².